The Morgan fingerprint density at radius 3 is 2.17 bits per heavy atom. The molecule has 7 nitrogen and oxygen atoms in total. The van der Waals surface area contributed by atoms with Crippen molar-refractivity contribution in [3.05, 3.63) is 47.0 Å². The summed E-state index contributed by atoms with van der Waals surface area (Å²) in [6.45, 7) is 4.11. The number of methoxy groups -OCH3 is 3. The molecule has 1 aliphatic heterocycles. The largest absolute Gasteiger partial charge is 0.496 e. The molecular formula is C22H27ClN2O5. The van der Waals surface area contributed by atoms with Crippen LogP contribution in [0.5, 0.6) is 23.0 Å². The van der Waals surface area contributed by atoms with Crippen molar-refractivity contribution in [3.8, 4) is 23.0 Å². The van der Waals surface area contributed by atoms with E-state index in [0.29, 0.717) is 53.3 Å². The lowest BCUT2D eigenvalue weighted by Crippen LogP contribution is -2.49. The average molecular weight is 435 g/mol. The lowest BCUT2D eigenvalue weighted by Gasteiger charge is -2.35. The van der Waals surface area contributed by atoms with Gasteiger partial charge in [-0.3, -0.25) is 9.69 Å². The van der Waals surface area contributed by atoms with Gasteiger partial charge in [0.15, 0.2) is 11.5 Å². The number of benzene rings is 2. The van der Waals surface area contributed by atoms with Crippen LogP contribution in [0, 0.1) is 0 Å². The van der Waals surface area contributed by atoms with Crippen molar-refractivity contribution in [2.75, 3.05) is 60.7 Å². The molecule has 0 bridgehead atoms. The monoisotopic (exact) mass is 434 g/mol. The lowest BCUT2D eigenvalue weighted by molar-refractivity contribution is 0.0616. The molecule has 1 heterocycles. The Hall–Kier alpha value is -2.64. The molecule has 0 aliphatic carbocycles. The normalized spacial score (nSPS) is 14.3. The van der Waals surface area contributed by atoms with Crippen LogP contribution in [0.2, 0.25) is 5.02 Å². The quantitative estimate of drug-likeness (QED) is 0.636. The maximum Gasteiger partial charge on any atom is 0.257 e. The molecule has 0 saturated carbocycles. The maximum absolute atomic E-state index is 13.1. The van der Waals surface area contributed by atoms with E-state index in [1.807, 2.05) is 29.2 Å². The predicted octanol–water partition coefficient (Wildman–Crippen LogP) is 3.20. The number of amides is 1. The van der Waals surface area contributed by atoms with Gasteiger partial charge in [0.1, 0.15) is 18.1 Å². The van der Waals surface area contributed by atoms with E-state index < -0.39 is 0 Å². The summed E-state index contributed by atoms with van der Waals surface area (Å²) in [6.07, 6.45) is 0. The van der Waals surface area contributed by atoms with Gasteiger partial charge in [-0.1, -0.05) is 23.7 Å². The van der Waals surface area contributed by atoms with Gasteiger partial charge in [0.25, 0.3) is 5.91 Å². The maximum atomic E-state index is 13.1. The summed E-state index contributed by atoms with van der Waals surface area (Å²) in [6, 6.07) is 10.8. The molecule has 1 amide bonds. The third-order valence-corrected chi connectivity index (χ3v) is 5.41. The minimum Gasteiger partial charge on any atom is -0.496 e. The van der Waals surface area contributed by atoms with E-state index in [1.54, 1.807) is 26.4 Å². The second-order valence-electron chi connectivity index (χ2n) is 6.82. The fourth-order valence-corrected chi connectivity index (χ4v) is 3.58. The molecule has 1 aliphatic rings. The van der Waals surface area contributed by atoms with E-state index in [0.717, 1.165) is 19.6 Å². The van der Waals surface area contributed by atoms with Crippen LogP contribution in [0.1, 0.15) is 10.4 Å². The van der Waals surface area contributed by atoms with E-state index in [-0.39, 0.29) is 5.91 Å². The molecule has 30 heavy (non-hydrogen) atoms. The molecule has 0 radical (unpaired) electrons. The third-order valence-electron chi connectivity index (χ3n) is 5.10. The van der Waals surface area contributed by atoms with E-state index in [4.69, 9.17) is 30.5 Å². The van der Waals surface area contributed by atoms with E-state index in [9.17, 15) is 4.79 Å². The average Bonchev–Trinajstić information content (AvgIpc) is 2.79. The van der Waals surface area contributed by atoms with E-state index in [1.165, 1.54) is 7.11 Å². The molecular weight excluding hydrogens is 408 g/mol. The number of hydrogen-bond acceptors (Lipinski definition) is 6. The Morgan fingerprint density at radius 1 is 0.900 bits per heavy atom. The summed E-state index contributed by atoms with van der Waals surface area (Å²) in [5.74, 6) is 2.09. The molecule has 0 spiro atoms. The number of para-hydroxylation sites is 1. The highest BCUT2D eigenvalue weighted by Crippen LogP contribution is 2.35. The fraction of sp³-hybridized carbons (Fsp3) is 0.409. The smallest absolute Gasteiger partial charge is 0.257 e. The highest BCUT2D eigenvalue weighted by Gasteiger charge is 2.26. The predicted molar refractivity (Wildman–Crippen MR) is 115 cm³/mol. The second kappa shape index (κ2) is 10.4. The topological polar surface area (TPSA) is 60.5 Å². The SMILES string of the molecule is COc1cc(OC)c(C(=O)N2CCN(CCOc3ccccc3Cl)CC2)cc1OC. The minimum absolute atomic E-state index is 0.0835. The van der Waals surface area contributed by atoms with Crippen molar-refractivity contribution in [1.29, 1.82) is 0 Å². The van der Waals surface area contributed by atoms with Gasteiger partial charge in [-0.2, -0.15) is 0 Å². The Labute approximate surface area is 182 Å². The number of piperazine rings is 1. The first kappa shape index (κ1) is 22.1. The molecule has 8 heteroatoms. The van der Waals surface area contributed by atoms with Gasteiger partial charge in [0.2, 0.25) is 0 Å². The summed E-state index contributed by atoms with van der Waals surface area (Å²) in [4.78, 5) is 17.2. The van der Waals surface area contributed by atoms with Crippen LogP contribution in [-0.2, 0) is 0 Å². The highest BCUT2D eigenvalue weighted by molar-refractivity contribution is 6.32. The first-order valence-electron chi connectivity index (χ1n) is 9.76. The number of nitrogens with zero attached hydrogens (tertiary/aromatic N) is 2. The molecule has 0 unspecified atom stereocenters. The number of halogens is 1. The number of rotatable bonds is 8. The van der Waals surface area contributed by atoms with Crippen molar-refractivity contribution in [3.63, 3.8) is 0 Å². The van der Waals surface area contributed by atoms with Crippen LogP contribution >= 0.6 is 11.6 Å². The van der Waals surface area contributed by atoms with Gasteiger partial charge in [0.05, 0.1) is 31.9 Å². The summed E-state index contributed by atoms with van der Waals surface area (Å²) in [7, 11) is 4.63. The van der Waals surface area contributed by atoms with Gasteiger partial charge in [-0.15, -0.1) is 0 Å². The summed E-state index contributed by atoms with van der Waals surface area (Å²) >= 11 is 6.11. The Morgan fingerprint density at radius 2 is 1.53 bits per heavy atom. The standard InChI is InChI=1S/C22H27ClN2O5/c1-27-19-15-21(29-3)20(28-2)14-16(19)22(26)25-10-8-24(9-11-25)12-13-30-18-7-5-4-6-17(18)23/h4-7,14-15H,8-13H2,1-3H3. The van der Waals surface area contributed by atoms with Crippen LogP contribution in [0.15, 0.2) is 36.4 Å². The lowest BCUT2D eigenvalue weighted by atomic mass is 10.1. The number of hydrogen-bond donors (Lipinski definition) is 0. The van der Waals surface area contributed by atoms with E-state index in [2.05, 4.69) is 4.90 Å². The molecule has 0 atom stereocenters. The van der Waals surface area contributed by atoms with Crippen molar-refractivity contribution in [1.82, 2.24) is 9.80 Å². The molecule has 2 aromatic carbocycles. The zero-order chi connectivity index (χ0) is 21.5. The molecule has 162 valence electrons. The highest BCUT2D eigenvalue weighted by atomic mass is 35.5. The van der Waals surface area contributed by atoms with Crippen LogP contribution in [0.4, 0.5) is 0 Å². The molecule has 1 saturated heterocycles. The third kappa shape index (κ3) is 5.09. The summed E-state index contributed by atoms with van der Waals surface area (Å²) in [5.41, 5.74) is 0.464. The molecule has 3 rings (SSSR count). The first-order chi connectivity index (χ1) is 14.6. The van der Waals surface area contributed by atoms with Gasteiger partial charge >= 0.3 is 0 Å². The van der Waals surface area contributed by atoms with E-state index >= 15 is 0 Å². The molecule has 0 N–H and O–H groups in total. The Bertz CT molecular complexity index is 869. The number of ether oxygens (including phenoxy) is 4. The van der Waals surface area contributed by atoms with Crippen LogP contribution in [0.25, 0.3) is 0 Å². The van der Waals surface area contributed by atoms with Crippen molar-refractivity contribution >= 4 is 17.5 Å². The fourth-order valence-electron chi connectivity index (χ4n) is 3.39. The second-order valence-corrected chi connectivity index (χ2v) is 7.23. The van der Waals surface area contributed by atoms with Crippen LogP contribution in [-0.4, -0.2) is 76.4 Å². The molecule has 0 aromatic heterocycles. The molecule has 2 aromatic rings. The molecule has 1 fully saturated rings. The summed E-state index contributed by atoms with van der Waals surface area (Å²) < 4.78 is 21.8. The number of carbonyl (C=O) groups is 1. The Kier molecular flexibility index (Phi) is 7.65. The van der Waals surface area contributed by atoms with Gasteiger partial charge in [-0.25, -0.2) is 0 Å². The number of carbonyl (C=O) groups excluding carboxylic acids is 1. The van der Waals surface area contributed by atoms with Gasteiger partial charge < -0.3 is 23.8 Å². The van der Waals surface area contributed by atoms with Crippen LogP contribution in [0.3, 0.4) is 0 Å². The minimum atomic E-state index is -0.0835. The van der Waals surface area contributed by atoms with Crippen molar-refractivity contribution < 1.29 is 23.7 Å². The zero-order valence-corrected chi connectivity index (χ0v) is 18.3. The van der Waals surface area contributed by atoms with Gasteiger partial charge in [0, 0.05) is 44.9 Å². The van der Waals surface area contributed by atoms with Crippen molar-refractivity contribution in [2.24, 2.45) is 0 Å². The van der Waals surface area contributed by atoms with Crippen molar-refractivity contribution in [2.45, 2.75) is 0 Å². The Balaban J connectivity index is 1.56. The first-order valence-corrected chi connectivity index (χ1v) is 10.1. The zero-order valence-electron chi connectivity index (χ0n) is 17.5. The van der Waals surface area contributed by atoms with Crippen LogP contribution < -0.4 is 18.9 Å². The summed E-state index contributed by atoms with van der Waals surface area (Å²) in [5, 5.41) is 0.608. The van der Waals surface area contributed by atoms with Gasteiger partial charge in [-0.05, 0) is 12.1 Å².